The van der Waals surface area contributed by atoms with Crippen LogP contribution in [0.15, 0.2) is 84.9 Å². The zero-order valence-electron chi connectivity index (χ0n) is 26.1. The minimum absolute atomic E-state index is 0.0503. The zero-order chi connectivity index (χ0) is 29.2. The third-order valence-electron chi connectivity index (χ3n) is 8.89. The normalized spacial score (nSPS) is 12.5. The summed E-state index contributed by atoms with van der Waals surface area (Å²) in [5, 5.41) is 5.29. The second kappa shape index (κ2) is 9.87. The minimum Gasteiger partial charge on any atom is -0.225 e. The summed E-state index contributed by atoms with van der Waals surface area (Å²) in [6.07, 6.45) is 0. The zero-order valence-corrected chi connectivity index (χ0v) is 26.1. The van der Waals surface area contributed by atoms with Crippen LogP contribution in [0.25, 0.3) is 49.7 Å². The van der Waals surface area contributed by atoms with Crippen molar-refractivity contribution in [1.82, 2.24) is 4.57 Å². The van der Waals surface area contributed by atoms with Gasteiger partial charge in [-0.05, 0) is 64.3 Å². The van der Waals surface area contributed by atoms with E-state index in [4.69, 9.17) is 0 Å². The number of para-hydroxylation sites is 1. The molecule has 0 aliphatic carbocycles. The highest BCUT2D eigenvalue weighted by Gasteiger charge is 2.34. The van der Waals surface area contributed by atoms with Crippen LogP contribution in [0.2, 0.25) is 0 Å². The van der Waals surface area contributed by atoms with Crippen LogP contribution in [0, 0.1) is 6.92 Å². The second-order valence-electron chi connectivity index (χ2n) is 13.3. The summed E-state index contributed by atoms with van der Waals surface area (Å²) in [5.74, 6) is 1.99. The van der Waals surface area contributed by atoms with Gasteiger partial charge in [0.1, 0.15) is 5.69 Å². The molecule has 2 nitrogen and oxygen atoms in total. The van der Waals surface area contributed by atoms with E-state index in [-0.39, 0.29) is 5.41 Å². The number of aromatic nitrogens is 2. The van der Waals surface area contributed by atoms with Crippen molar-refractivity contribution in [3.05, 3.63) is 107 Å². The van der Waals surface area contributed by atoms with E-state index in [0.717, 1.165) is 0 Å². The molecule has 0 fully saturated rings. The molecule has 6 aromatic rings. The molecule has 0 aliphatic heterocycles. The Kier molecular flexibility index (Phi) is 6.57. The van der Waals surface area contributed by atoms with Gasteiger partial charge >= 0.3 is 0 Å². The first-order valence-corrected chi connectivity index (χ1v) is 15.1. The van der Waals surface area contributed by atoms with Gasteiger partial charge in [0.05, 0.1) is 12.6 Å². The van der Waals surface area contributed by atoms with Crippen LogP contribution in [0.1, 0.15) is 82.6 Å². The van der Waals surface area contributed by atoms with Gasteiger partial charge in [-0.15, -0.1) is 0 Å². The van der Waals surface area contributed by atoms with Gasteiger partial charge in [-0.1, -0.05) is 115 Å². The van der Waals surface area contributed by atoms with Gasteiger partial charge in [0, 0.05) is 21.9 Å². The van der Waals surface area contributed by atoms with Gasteiger partial charge in [-0.2, -0.15) is 4.57 Å². The van der Waals surface area contributed by atoms with Crippen LogP contribution < -0.4 is 4.57 Å². The van der Waals surface area contributed by atoms with Crippen LogP contribution in [-0.2, 0) is 12.5 Å². The summed E-state index contributed by atoms with van der Waals surface area (Å²) in [6, 6.07) is 31.6. The molecule has 2 heteroatoms. The largest absolute Gasteiger partial charge is 0.294 e. The van der Waals surface area contributed by atoms with Crippen molar-refractivity contribution in [1.29, 1.82) is 0 Å². The average molecular weight is 540 g/mol. The van der Waals surface area contributed by atoms with Crippen LogP contribution in [0.4, 0.5) is 0 Å². The highest BCUT2D eigenvalue weighted by Crippen LogP contribution is 2.43. The summed E-state index contributed by atoms with van der Waals surface area (Å²) in [4.78, 5) is 0. The molecule has 1 heterocycles. The molecule has 1 aromatic heterocycles. The number of fused-ring (bicyclic) bond motifs is 6. The van der Waals surface area contributed by atoms with Crippen LogP contribution in [-0.4, -0.2) is 4.57 Å². The average Bonchev–Trinajstić information content (AvgIpc) is 3.25. The van der Waals surface area contributed by atoms with E-state index in [9.17, 15) is 0 Å². The Morgan fingerprint density at radius 2 is 1.24 bits per heavy atom. The smallest absolute Gasteiger partial charge is 0.225 e. The quantitative estimate of drug-likeness (QED) is 0.156. The number of benzene rings is 5. The predicted molar refractivity (Wildman–Crippen MR) is 177 cm³/mol. The van der Waals surface area contributed by atoms with Crippen molar-refractivity contribution < 1.29 is 4.57 Å². The Balaban J connectivity index is 1.98. The van der Waals surface area contributed by atoms with Crippen molar-refractivity contribution in [2.24, 2.45) is 7.05 Å². The Bertz CT molecular complexity index is 1900. The van der Waals surface area contributed by atoms with E-state index in [1.165, 1.54) is 71.9 Å². The Morgan fingerprint density at radius 1 is 0.659 bits per heavy atom. The van der Waals surface area contributed by atoms with Gasteiger partial charge in [-0.25, -0.2) is 4.57 Å². The number of nitrogens with zero attached hydrogens (tertiary/aromatic N) is 2. The maximum absolute atomic E-state index is 2.61. The molecule has 0 amide bonds. The Labute approximate surface area is 245 Å². The van der Waals surface area contributed by atoms with Crippen LogP contribution in [0.3, 0.4) is 0 Å². The van der Waals surface area contributed by atoms with Gasteiger partial charge in [0.15, 0.2) is 11.0 Å². The van der Waals surface area contributed by atoms with Crippen LogP contribution in [0.5, 0.6) is 0 Å². The van der Waals surface area contributed by atoms with Crippen molar-refractivity contribution in [3.8, 4) is 17.1 Å². The van der Waals surface area contributed by atoms with E-state index >= 15 is 0 Å². The summed E-state index contributed by atoms with van der Waals surface area (Å²) >= 11 is 0. The molecule has 0 atom stereocenters. The molecule has 0 N–H and O–H groups in total. The first-order chi connectivity index (χ1) is 19.5. The highest BCUT2D eigenvalue weighted by molar-refractivity contribution is 6.24. The lowest BCUT2D eigenvalue weighted by atomic mass is 9.81. The lowest BCUT2D eigenvalue weighted by Gasteiger charge is -2.23. The summed E-state index contributed by atoms with van der Waals surface area (Å²) in [6.45, 7) is 18.6. The predicted octanol–water partition coefficient (Wildman–Crippen LogP) is 10.3. The SMILES string of the molecule is Cc1c(C(C)(C)C)ccc2c3ccccc3c3c(c12)[n+](C)c(-c1ccccc1)n3-c1c(C(C)C)cccc1C(C)C. The number of rotatable bonds is 4. The first kappa shape index (κ1) is 27.3. The molecule has 0 radical (unpaired) electrons. The van der Waals surface area contributed by atoms with Crippen molar-refractivity contribution in [2.75, 3.05) is 0 Å². The van der Waals surface area contributed by atoms with E-state index in [0.29, 0.717) is 11.8 Å². The monoisotopic (exact) mass is 539 g/mol. The van der Waals surface area contributed by atoms with Crippen molar-refractivity contribution in [2.45, 2.75) is 72.6 Å². The molecule has 0 saturated carbocycles. The maximum Gasteiger partial charge on any atom is 0.294 e. The molecular formula is C39H43N2+. The fourth-order valence-corrected chi connectivity index (χ4v) is 7.04. The third-order valence-corrected chi connectivity index (χ3v) is 8.89. The molecule has 41 heavy (non-hydrogen) atoms. The number of aryl methyl sites for hydroxylation is 2. The Morgan fingerprint density at radius 3 is 1.83 bits per heavy atom. The molecule has 0 aliphatic rings. The summed E-state index contributed by atoms with van der Waals surface area (Å²) in [5.41, 5.74) is 10.7. The second-order valence-corrected chi connectivity index (χ2v) is 13.3. The van der Waals surface area contributed by atoms with E-state index < -0.39 is 0 Å². The highest BCUT2D eigenvalue weighted by atomic mass is 15.2. The molecule has 0 saturated heterocycles. The molecule has 0 spiro atoms. The van der Waals surface area contributed by atoms with E-state index in [2.05, 4.69) is 157 Å². The van der Waals surface area contributed by atoms with E-state index in [1.807, 2.05) is 0 Å². The Hall–Kier alpha value is -3.91. The fraction of sp³-hybridized carbons (Fsp3) is 0.308. The van der Waals surface area contributed by atoms with Gasteiger partial charge < -0.3 is 0 Å². The molecular weight excluding hydrogens is 496 g/mol. The first-order valence-electron chi connectivity index (χ1n) is 15.1. The molecule has 0 unspecified atom stereocenters. The maximum atomic E-state index is 2.61. The van der Waals surface area contributed by atoms with Crippen LogP contribution >= 0.6 is 0 Å². The van der Waals surface area contributed by atoms with Crippen molar-refractivity contribution in [3.63, 3.8) is 0 Å². The summed E-state index contributed by atoms with van der Waals surface area (Å²) < 4.78 is 5.08. The third kappa shape index (κ3) is 4.19. The number of imidazole rings is 1. The van der Waals surface area contributed by atoms with Crippen molar-refractivity contribution >= 4 is 32.6 Å². The molecule has 0 bridgehead atoms. The molecule has 6 rings (SSSR count). The standard InChI is InChI=1S/C39H43N2/c1-24(2)28-20-15-21-29(25(3)4)35(28)41-36-32-19-14-13-18-30(32)31-22-23-33(39(6,7)8)26(5)34(31)37(36)40(9)38(41)27-16-11-10-12-17-27/h10-25H,1-9H3/q+1. The number of hydrogen-bond acceptors (Lipinski definition) is 0. The van der Waals surface area contributed by atoms with Gasteiger partial charge in [-0.3, -0.25) is 0 Å². The fourth-order valence-electron chi connectivity index (χ4n) is 7.04. The minimum atomic E-state index is 0.0503. The number of hydrogen-bond donors (Lipinski definition) is 0. The van der Waals surface area contributed by atoms with Gasteiger partial charge in [0.25, 0.3) is 5.82 Å². The molecule has 208 valence electrons. The lowest BCUT2D eigenvalue weighted by Crippen LogP contribution is -2.30. The molecule has 5 aromatic carbocycles. The topological polar surface area (TPSA) is 8.81 Å². The van der Waals surface area contributed by atoms with E-state index in [1.54, 1.807) is 0 Å². The summed E-state index contributed by atoms with van der Waals surface area (Å²) in [7, 11) is 2.27. The lowest BCUT2D eigenvalue weighted by molar-refractivity contribution is -0.633. The van der Waals surface area contributed by atoms with Gasteiger partial charge in [0.2, 0.25) is 0 Å².